The molecule has 0 saturated carbocycles. The number of halogens is 3. The Balaban J connectivity index is 1.80. The van der Waals surface area contributed by atoms with Gasteiger partial charge < -0.3 is 0 Å². The molecule has 1 fully saturated rings. The van der Waals surface area contributed by atoms with Crippen molar-refractivity contribution in [3.05, 3.63) is 40.4 Å². The monoisotopic (exact) mass is 367 g/mol. The third-order valence-corrected chi connectivity index (χ3v) is 5.19. The maximum absolute atomic E-state index is 12.8. The number of nitrogens with zero attached hydrogens (tertiary/aromatic N) is 3. The van der Waals surface area contributed by atoms with E-state index in [1.165, 1.54) is 29.8 Å². The Morgan fingerprint density at radius 3 is 2.73 bits per heavy atom. The van der Waals surface area contributed by atoms with Gasteiger partial charge in [-0.3, -0.25) is 14.3 Å². The number of aromatic nitrogens is 2. The summed E-state index contributed by atoms with van der Waals surface area (Å²) in [4.78, 5) is 19.2. The molecule has 2 heterocycles. The van der Waals surface area contributed by atoms with Crippen LogP contribution >= 0.6 is 0 Å². The van der Waals surface area contributed by atoms with Crippen LogP contribution in [0.1, 0.15) is 45.1 Å². The first-order valence-electron chi connectivity index (χ1n) is 9.09. The molecule has 142 valence electrons. The maximum atomic E-state index is 12.8. The lowest BCUT2D eigenvalue weighted by atomic mass is 9.97. The van der Waals surface area contributed by atoms with E-state index in [0.717, 1.165) is 31.5 Å². The Hall–Kier alpha value is -1.89. The highest BCUT2D eigenvalue weighted by Crippen LogP contribution is 2.30. The Labute approximate surface area is 150 Å². The number of benzene rings is 1. The smallest absolute Gasteiger partial charge is 0.299 e. The summed E-state index contributed by atoms with van der Waals surface area (Å²) in [6.45, 7) is 5.96. The lowest BCUT2D eigenvalue weighted by Crippen LogP contribution is -2.44. The van der Waals surface area contributed by atoms with Crippen LogP contribution in [-0.4, -0.2) is 33.1 Å². The highest BCUT2D eigenvalue weighted by molar-refractivity contribution is 5.78. The summed E-state index contributed by atoms with van der Waals surface area (Å²) < 4.78 is 39.9. The van der Waals surface area contributed by atoms with Crippen LogP contribution in [-0.2, 0) is 12.7 Å². The van der Waals surface area contributed by atoms with Crippen LogP contribution in [0.3, 0.4) is 0 Å². The van der Waals surface area contributed by atoms with Gasteiger partial charge >= 0.3 is 6.18 Å². The van der Waals surface area contributed by atoms with Gasteiger partial charge in [-0.25, -0.2) is 4.98 Å². The minimum absolute atomic E-state index is 0.0857. The Kier molecular flexibility index (Phi) is 5.37. The molecule has 0 amide bonds. The average Bonchev–Trinajstić information content (AvgIpc) is 2.60. The van der Waals surface area contributed by atoms with Crippen molar-refractivity contribution in [3.8, 4) is 0 Å². The number of aryl methyl sites for hydroxylation is 1. The minimum Gasteiger partial charge on any atom is -0.299 e. The number of fused-ring (bicyclic) bond motifs is 1. The largest absolute Gasteiger partial charge is 0.416 e. The summed E-state index contributed by atoms with van der Waals surface area (Å²) in [7, 11) is 0. The third kappa shape index (κ3) is 3.92. The van der Waals surface area contributed by atoms with Crippen LogP contribution in [0.25, 0.3) is 10.9 Å². The summed E-state index contributed by atoms with van der Waals surface area (Å²) in [5, 5.41) is 0.227. The fourth-order valence-corrected chi connectivity index (χ4v) is 3.79. The highest BCUT2D eigenvalue weighted by atomic mass is 19.4. The highest BCUT2D eigenvalue weighted by Gasteiger charge is 2.31. The van der Waals surface area contributed by atoms with Gasteiger partial charge in [0.25, 0.3) is 5.56 Å². The van der Waals surface area contributed by atoms with Gasteiger partial charge in [-0.15, -0.1) is 0 Å². The zero-order valence-electron chi connectivity index (χ0n) is 15.1. The molecule has 1 saturated heterocycles. The van der Waals surface area contributed by atoms with Crippen molar-refractivity contribution in [2.45, 2.75) is 64.3 Å². The van der Waals surface area contributed by atoms with Crippen molar-refractivity contribution >= 4 is 10.9 Å². The predicted molar refractivity (Wildman–Crippen MR) is 95.1 cm³/mol. The minimum atomic E-state index is -4.44. The van der Waals surface area contributed by atoms with E-state index in [9.17, 15) is 18.0 Å². The third-order valence-electron chi connectivity index (χ3n) is 5.19. The molecule has 1 aliphatic rings. The van der Waals surface area contributed by atoms with Crippen molar-refractivity contribution in [1.29, 1.82) is 0 Å². The number of hydrogen-bond acceptors (Lipinski definition) is 3. The number of piperidine rings is 1. The Morgan fingerprint density at radius 1 is 1.27 bits per heavy atom. The van der Waals surface area contributed by atoms with E-state index in [0.29, 0.717) is 18.6 Å². The Bertz CT molecular complexity index is 829. The van der Waals surface area contributed by atoms with Crippen LogP contribution in [0.15, 0.2) is 29.3 Å². The molecule has 0 radical (unpaired) electrons. The molecule has 4 nitrogen and oxygen atoms in total. The van der Waals surface area contributed by atoms with E-state index in [-0.39, 0.29) is 16.5 Å². The topological polar surface area (TPSA) is 38.1 Å². The molecule has 7 heteroatoms. The lowest BCUT2D eigenvalue weighted by Gasteiger charge is -2.38. The van der Waals surface area contributed by atoms with Gasteiger partial charge in [0.2, 0.25) is 0 Å². The Morgan fingerprint density at radius 2 is 2.04 bits per heavy atom. The fraction of sp³-hybridized carbons (Fsp3) is 0.579. The number of rotatable bonds is 4. The van der Waals surface area contributed by atoms with E-state index in [4.69, 9.17) is 0 Å². The molecule has 26 heavy (non-hydrogen) atoms. The normalized spacial score (nSPS) is 19.4. The van der Waals surface area contributed by atoms with E-state index >= 15 is 0 Å². The predicted octanol–water partition coefficient (Wildman–Crippen LogP) is 4.07. The van der Waals surface area contributed by atoms with Crippen molar-refractivity contribution in [3.63, 3.8) is 0 Å². The summed E-state index contributed by atoms with van der Waals surface area (Å²) >= 11 is 0. The first-order valence-corrected chi connectivity index (χ1v) is 9.09. The van der Waals surface area contributed by atoms with Crippen LogP contribution < -0.4 is 5.56 Å². The van der Waals surface area contributed by atoms with Crippen molar-refractivity contribution < 1.29 is 13.2 Å². The second-order valence-corrected chi connectivity index (χ2v) is 7.24. The van der Waals surface area contributed by atoms with Crippen LogP contribution in [0, 0.1) is 0 Å². The molecular weight excluding hydrogens is 343 g/mol. The van der Waals surface area contributed by atoms with Crippen molar-refractivity contribution in [2.24, 2.45) is 0 Å². The molecular formula is C19H24F3N3O. The van der Waals surface area contributed by atoms with Crippen molar-refractivity contribution in [2.75, 3.05) is 6.54 Å². The van der Waals surface area contributed by atoms with Crippen LogP contribution in [0.2, 0.25) is 0 Å². The van der Waals surface area contributed by atoms with E-state index in [1.807, 2.05) is 0 Å². The fourth-order valence-electron chi connectivity index (χ4n) is 3.79. The average molecular weight is 367 g/mol. The first kappa shape index (κ1) is 18.9. The molecule has 1 atom stereocenters. The molecule has 0 N–H and O–H groups in total. The molecule has 0 aliphatic carbocycles. The summed E-state index contributed by atoms with van der Waals surface area (Å²) in [5.74, 6) is 0. The maximum Gasteiger partial charge on any atom is 0.416 e. The molecule has 1 aliphatic heterocycles. The van der Waals surface area contributed by atoms with E-state index < -0.39 is 11.7 Å². The van der Waals surface area contributed by atoms with Crippen molar-refractivity contribution in [1.82, 2.24) is 14.5 Å². The molecule has 0 spiro atoms. The molecule has 2 aromatic rings. The van der Waals surface area contributed by atoms with Gasteiger partial charge in [-0.1, -0.05) is 6.42 Å². The molecule has 1 aromatic carbocycles. The zero-order chi connectivity index (χ0) is 18.9. The van der Waals surface area contributed by atoms with Crippen LogP contribution in [0.4, 0.5) is 13.2 Å². The SMILES string of the molecule is CC(C)N1CCCCC1CCn1cnc2cc(C(F)(F)F)ccc2c1=O. The van der Waals surface area contributed by atoms with E-state index in [1.54, 1.807) is 0 Å². The van der Waals surface area contributed by atoms with Gasteiger partial charge in [-0.05, 0) is 57.9 Å². The van der Waals surface area contributed by atoms with Gasteiger partial charge in [-0.2, -0.15) is 13.2 Å². The molecule has 3 rings (SSSR count). The van der Waals surface area contributed by atoms with Gasteiger partial charge in [0, 0.05) is 18.6 Å². The molecule has 0 bridgehead atoms. The quantitative estimate of drug-likeness (QED) is 0.818. The van der Waals surface area contributed by atoms with E-state index in [2.05, 4.69) is 23.7 Å². The van der Waals surface area contributed by atoms with Gasteiger partial charge in [0.1, 0.15) is 0 Å². The number of alkyl halides is 3. The summed E-state index contributed by atoms with van der Waals surface area (Å²) in [6.07, 6.45) is 1.28. The number of hydrogen-bond donors (Lipinski definition) is 0. The first-order chi connectivity index (χ1) is 12.3. The summed E-state index contributed by atoms with van der Waals surface area (Å²) in [5.41, 5.74) is -0.984. The molecule has 1 aromatic heterocycles. The summed E-state index contributed by atoms with van der Waals surface area (Å²) in [6, 6.07) is 4.00. The van der Waals surface area contributed by atoms with Gasteiger partial charge in [0.05, 0.1) is 22.8 Å². The molecule has 1 unspecified atom stereocenters. The lowest BCUT2D eigenvalue weighted by molar-refractivity contribution is -0.137. The number of likely N-dealkylation sites (tertiary alicyclic amines) is 1. The van der Waals surface area contributed by atoms with Gasteiger partial charge in [0.15, 0.2) is 0 Å². The second-order valence-electron chi connectivity index (χ2n) is 7.24. The van der Waals surface area contributed by atoms with Crippen LogP contribution in [0.5, 0.6) is 0 Å². The zero-order valence-corrected chi connectivity index (χ0v) is 15.1. The second kappa shape index (κ2) is 7.39. The standard InChI is InChI=1S/C19H24F3N3O/c1-13(2)25-9-4-3-5-15(25)8-10-24-12-23-17-11-14(19(20,21)22)6-7-16(17)18(24)26/h6-7,11-13,15H,3-5,8-10H2,1-2H3.